The second kappa shape index (κ2) is 12.3. The van der Waals surface area contributed by atoms with Crippen LogP contribution in [-0.4, -0.2) is 0 Å². The van der Waals surface area contributed by atoms with Crippen molar-refractivity contribution < 1.29 is 0 Å². The van der Waals surface area contributed by atoms with Crippen LogP contribution in [0, 0.1) is 29.6 Å². The van der Waals surface area contributed by atoms with Gasteiger partial charge in [0.05, 0.1) is 0 Å². The molecule has 1 aromatic rings. The highest BCUT2D eigenvalue weighted by atomic mass is 14.3. The molecule has 2 aliphatic carbocycles. The van der Waals surface area contributed by atoms with Crippen LogP contribution in [0.3, 0.4) is 0 Å². The molecule has 0 radical (unpaired) electrons. The van der Waals surface area contributed by atoms with Gasteiger partial charge in [0.25, 0.3) is 0 Å². The average molecular weight is 391 g/mol. The number of allylic oxidation sites excluding steroid dienone is 2. The molecule has 0 spiro atoms. The van der Waals surface area contributed by atoms with E-state index in [2.05, 4.69) is 62.1 Å². The first-order chi connectivity index (χ1) is 14.3. The van der Waals surface area contributed by atoms with Gasteiger partial charge in [0.1, 0.15) is 0 Å². The molecule has 0 heteroatoms. The van der Waals surface area contributed by atoms with Gasteiger partial charge in [-0.1, -0.05) is 76.0 Å². The molecule has 29 heavy (non-hydrogen) atoms. The Balaban J connectivity index is 1.42. The number of unbranched alkanes of at least 4 members (excludes halogenated alkanes) is 2. The standard InChI is InChI=1S/C29H42/c1-3-5-6-9-26-16-20-28(21-17-26)29-22-18-27(19-23-29)11-8-7-10-25-14-12-24(4-2)13-15-25/h7,10,18-19,22-26,28H,3-6,9,12-17,20-21H2,1-2H3/b10-7+/t24-,25-,26-,28-. The van der Waals surface area contributed by atoms with Crippen molar-refractivity contribution in [1.82, 2.24) is 0 Å². The van der Waals surface area contributed by atoms with Crippen molar-refractivity contribution in [3.8, 4) is 11.8 Å². The van der Waals surface area contributed by atoms with Crippen molar-refractivity contribution in [2.45, 2.75) is 103 Å². The molecule has 0 amide bonds. The van der Waals surface area contributed by atoms with Crippen LogP contribution in [-0.2, 0) is 0 Å². The lowest BCUT2D eigenvalue weighted by Gasteiger charge is -2.29. The third-order valence-electron chi connectivity index (χ3n) is 7.58. The van der Waals surface area contributed by atoms with Gasteiger partial charge in [-0.3, -0.25) is 0 Å². The summed E-state index contributed by atoms with van der Waals surface area (Å²) in [5.41, 5.74) is 2.69. The summed E-state index contributed by atoms with van der Waals surface area (Å²) in [5, 5.41) is 0. The Kier molecular flexibility index (Phi) is 9.40. The van der Waals surface area contributed by atoms with Crippen molar-refractivity contribution in [3.05, 3.63) is 47.5 Å². The van der Waals surface area contributed by atoms with E-state index in [0.717, 1.165) is 29.2 Å². The Bertz CT molecular complexity index is 652. The van der Waals surface area contributed by atoms with E-state index < -0.39 is 0 Å². The third kappa shape index (κ3) is 7.37. The highest BCUT2D eigenvalue weighted by Gasteiger charge is 2.22. The molecule has 0 nitrogen and oxygen atoms in total. The van der Waals surface area contributed by atoms with Crippen molar-refractivity contribution in [2.75, 3.05) is 0 Å². The number of rotatable bonds is 7. The van der Waals surface area contributed by atoms with E-state index in [1.807, 2.05) is 0 Å². The maximum atomic E-state index is 3.33. The molecule has 0 unspecified atom stereocenters. The van der Waals surface area contributed by atoms with E-state index in [-0.39, 0.29) is 0 Å². The average Bonchev–Trinajstić information content (AvgIpc) is 2.78. The molecule has 3 rings (SSSR count). The number of benzene rings is 1. The van der Waals surface area contributed by atoms with Crippen LogP contribution >= 0.6 is 0 Å². The third-order valence-corrected chi connectivity index (χ3v) is 7.58. The highest BCUT2D eigenvalue weighted by molar-refractivity contribution is 5.39. The fourth-order valence-electron chi connectivity index (χ4n) is 5.40. The van der Waals surface area contributed by atoms with Gasteiger partial charge in [0.15, 0.2) is 0 Å². The minimum Gasteiger partial charge on any atom is -0.0730 e. The first kappa shape index (κ1) is 22.2. The van der Waals surface area contributed by atoms with Gasteiger partial charge >= 0.3 is 0 Å². The second-order valence-corrected chi connectivity index (χ2v) is 9.65. The SMILES string of the molecule is CCCCC[C@H]1CC[C@H](c2ccc(C#C/C=C/[C@H]3CC[C@H](CC)CC3)cc2)CC1. The summed E-state index contributed by atoms with van der Waals surface area (Å²) in [4.78, 5) is 0. The first-order valence-corrected chi connectivity index (χ1v) is 12.6. The lowest BCUT2D eigenvalue weighted by molar-refractivity contribution is 0.303. The summed E-state index contributed by atoms with van der Waals surface area (Å²) in [5.74, 6) is 10.1. The molecule has 0 aromatic heterocycles. The lowest BCUT2D eigenvalue weighted by atomic mass is 9.77. The fourth-order valence-corrected chi connectivity index (χ4v) is 5.40. The lowest BCUT2D eigenvalue weighted by Crippen LogP contribution is -2.13. The van der Waals surface area contributed by atoms with Gasteiger partial charge in [-0.15, -0.1) is 0 Å². The van der Waals surface area contributed by atoms with Gasteiger partial charge in [0, 0.05) is 5.56 Å². The zero-order valence-electron chi connectivity index (χ0n) is 19.0. The Labute approximate surface area is 180 Å². The van der Waals surface area contributed by atoms with Crippen molar-refractivity contribution >= 4 is 0 Å². The normalized spacial score (nSPS) is 27.5. The highest BCUT2D eigenvalue weighted by Crippen LogP contribution is 2.37. The number of hydrogen-bond donors (Lipinski definition) is 0. The van der Waals surface area contributed by atoms with Crippen LogP contribution in [0.2, 0.25) is 0 Å². The Morgan fingerprint density at radius 1 is 0.828 bits per heavy atom. The minimum absolute atomic E-state index is 0.756. The summed E-state index contributed by atoms with van der Waals surface area (Å²) in [6.07, 6.45) is 22.6. The predicted molar refractivity (Wildman–Crippen MR) is 127 cm³/mol. The van der Waals surface area contributed by atoms with Gasteiger partial charge in [-0.05, 0) is 98.8 Å². The Morgan fingerprint density at radius 3 is 2.17 bits per heavy atom. The van der Waals surface area contributed by atoms with E-state index >= 15 is 0 Å². The first-order valence-electron chi connectivity index (χ1n) is 12.6. The fraction of sp³-hybridized carbons (Fsp3) is 0.655. The van der Waals surface area contributed by atoms with Gasteiger partial charge in [-0.25, -0.2) is 0 Å². The topological polar surface area (TPSA) is 0 Å². The molecule has 0 aliphatic heterocycles. The summed E-state index contributed by atoms with van der Waals surface area (Å²) in [6.45, 7) is 4.64. The van der Waals surface area contributed by atoms with Crippen LogP contribution in [0.4, 0.5) is 0 Å². The van der Waals surface area contributed by atoms with Crippen molar-refractivity contribution in [2.24, 2.45) is 17.8 Å². The quantitative estimate of drug-likeness (QED) is 0.323. The van der Waals surface area contributed by atoms with Crippen LogP contribution in [0.15, 0.2) is 36.4 Å². The molecule has 2 fully saturated rings. The van der Waals surface area contributed by atoms with Gasteiger partial charge in [-0.2, -0.15) is 0 Å². The Hall–Kier alpha value is -1.48. The molecule has 0 heterocycles. The molecule has 2 saturated carbocycles. The van der Waals surface area contributed by atoms with E-state index in [4.69, 9.17) is 0 Å². The molecule has 0 bridgehead atoms. The maximum Gasteiger partial charge on any atom is 0.0249 e. The van der Waals surface area contributed by atoms with Gasteiger partial charge < -0.3 is 0 Å². The molecular weight excluding hydrogens is 348 g/mol. The molecule has 0 atom stereocenters. The summed E-state index contributed by atoms with van der Waals surface area (Å²) in [7, 11) is 0. The van der Waals surface area contributed by atoms with Crippen molar-refractivity contribution in [3.63, 3.8) is 0 Å². The molecular formula is C29H42. The smallest absolute Gasteiger partial charge is 0.0249 e. The molecule has 0 N–H and O–H groups in total. The zero-order chi connectivity index (χ0) is 20.3. The van der Waals surface area contributed by atoms with Gasteiger partial charge in [0.2, 0.25) is 0 Å². The number of hydrogen-bond acceptors (Lipinski definition) is 0. The summed E-state index contributed by atoms with van der Waals surface area (Å²) < 4.78 is 0. The Morgan fingerprint density at radius 2 is 1.52 bits per heavy atom. The van der Waals surface area contributed by atoms with Crippen LogP contribution < -0.4 is 0 Å². The minimum atomic E-state index is 0.756. The molecule has 158 valence electrons. The van der Waals surface area contributed by atoms with E-state index in [0.29, 0.717) is 0 Å². The largest absolute Gasteiger partial charge is 0.0730 e. The molecule has 2 aliphatic rings. The van der Waals surface area contributed by atoms with E-state index in [1.165, 1.54) is 89.0 Å². The van der Waals surface area contributed by atoms with Crippen LogP contribution in [0.25, 0.3) is 0 Å². The second-order valence-electron chi connectivity index (χ2n) is 9.65. The van der Waals surface area contributed by atoms with E-state index in [9.17, 15) is 0 Å². The maximum absolute atomic E-state index is 3.33. The van der Waals surface area contributed by atoms with Crippen molar-refractivity contribution in [1.29, 1.82) is 0 Å². The summed E-state index contributed by atoms with van der Waals surface area (Å²) in [6, 6.07) is 9.13. The van der Waals surface area contributed by atoms with E-state index in [1.54, 1.807) is 0 Å². The molecule has 1 aromatic carbocycles. The summed E-state index contributed by atoms with van der Waals surface area (Å²) >= 11 is 0. The molecule has 0 saturated heterocycles. The van der Waals surface area contributed by atoms with Crippen LogP contribution in [0.5, 0.6) is 0 Å². The zero-order valence-corrected chi connectivity index (χ0v) is 19.0. The monoisotopic (exact) mass is 390 g/mol. The van der Waals surface area contributed by atoms with Crippen LogP contribution in [0.1, 0.15) is 114 Å². The predicted octanol–water partition coefficient (Wildman–Crippen LogP) is 8.66.